The van der Waals surface area contributed by atoms with Crippen molar-refractivity contribution >= 4 is 27.7 Å². The second-order valence-corrected chi connectivity index (χ2v) is 8.05. The summed E-state index contributed by atoms with van der Waals surface area (Å²) < 4.78 is 6.47. The van der Waals surface area contributed by atoms with Crippen LogP contribution in [0, 0.1) is 5.92 Å². The van der Waals surface area contributed by atoms with Crippen LogP contribution in [0.3, 0.4) is 0 Å². The summed E-state index contributed by atoms with van der Waals surface area (Å²) in [6.45, 7) is 5.64. The van der Waals surface area contributed by atoms with E-state index in [4.69, 9.17) is 4.74 Å². The SMILES string of the molecule is CC(Cc1ccc(Br)cc1)NC(=O)C(NC(=O)COc1ccccc1)C(C)C. The Morgan fingerprint density at radius 2 is 1.61 bits per heavy atom. The molecule has 0 spiro atoms. The summed E-state index contributed by atoms with van der Waals surface area (Å²) >= 11 is 3.42. The van der Waals surface area contributed by atoms with Gasteiger partial charge >= 0.3 is 0 Å². The Balaban J connectivity index is 1.86. The molecule has 150 valence electrons. The lowest BCUT2D eigenvalue weighted by atomic mass is 10.0. The van der Waals surface area contributed by atoms with Gasteiger partial charge in [-0.05, 0) is 49.1 Å². The molecule has 2 unspecified atom stereocenters. The monoisotopic (exact) mass is 446 g/mol. The van der Waals surface area contributed by atoms with E-state index in [1.165, 1.54) is 0 Å². The maximum atomic E-state index is 12.7. The largest absolute Gasteiger partial charge is 0.484 e. The van der Waals surface area contributed by atoms with Crippen molar-refractivity contribution < 1.29 is 14.3 Å². The lowest BCUT2D eigenvalue weighted by molar-refractivity contribution is -0.131. The second kappa shape index (κ2) is 10.9. The lowest BCUT2D eigenvalue weighted by Gasteiger charge is -2.24. The molecule has 6 heteroatoms. The minimum Gasteiger partial charge on any atom is -0.484 e. The topological polar surface area (TPSA) is 67.4 Å². The molecule has 28 heavy (non-hydrogen) atoms. The van der Waals surface area contributed by atoms with Gasteiger partial charge in [-0.1, -0.05) is 60.1 Å². The lowest BCUT2D eigenvalue weighted by Crippen LogP contribution is -2.52. The van der Waals surface area contributed by atoms with Crippen LogP contribution in [-0.4, -0.2) is 30.5 Å². The van der Waals surface area contributed by atoms with Crippen LogP contribution in [-0.2, 0) is 16.0 Å². The number of amides is 2. The highest BCUT2D eigenvalue weighted by molar-refractivity contribution is 9.10. The quantitative estimate of drug-likeness (QED) is 0.616. The minimum atomic E-state index is -0.612. The Labute approximate surface area is 175 Å². The van der Waals surface area contributed by atoms with Gasteiger partial charge in [-0.25, -0.2) is 0 Å². The van der Waals surface area contributed by atoms with Gasteiger partial charge in [0, 0.05) is 10.5 Å². The molecule has 0 aromatic heterocycles. The van der Waals surface area contributed by atoms with Gasteiger partial charge in [0.25, 0.3) is 5.91 Å². The van der Waals surface area contributed by atoms with Gasteiger partial charge in [-0.15, -0.1) is 0 Å². The van der Waals surface area contributed by atoms with Gasteiger partial charge in [0.2, 0.25) is 5.91 Å². The van der Waals surface area contributed by atoms with E-state index in [9.17, 15) is 9.59 Å². The first kappa shape index (κ1) is 22.0. The van der Waals surface area contributed by atoms with Gasteiger partial charge < -0.3 is 15.4 Å². The summed E-state index contributed by atoms with van der Waals surface area (Å²) in [6, 6.07) is 16.5. The first-order chi connectivity index (χ1) is 13.3. The molecule has 0 aliphatic heterocycles. The van der Waals surface area contributed by atoms with Gasteiger partial charge in [-0.3, -0.25) is 9.59 Å². The smallest absolute Gasteiger partial charge is 0.258 e. The van der Waals surface area contributed by atoms with Crippen LogP contribution < -0.4 is 15.4 Å². The van der Waals surface area contributed by atoms with Crippen LogP contribution in [0.15, 0.2) is 59.1 Å². The Hall–Kier alpha value is -2.34. The third-order valence-corrected chi connectivity index (χ3v) is 4.75. The Morgan fingerprint density at radius 1 is 0.964 bits per heavy atom. The van der Waals surface area contributed by atoms with Crippen molar-refractivity contribution in [1.82, 2.24) is 10.6 Å². The Kier molecular flexibility index (Phi) is 8.51. The summed E-state index contributed by atoms with van der Waals surface area (Å²) in [5, 5.41) is 5.78. The molecule has 2 aromatic rings. The summed E-state index contributed by atoms with van der Waals surface area (Å²) in [7, 11) is 0. The highest BCUT2D eigenvalue weighted by Gasteiger charge is 2.25. The number of benzene rings is 2. The summed E-state index contributed by atoms with van der Waals surface area (Å²) in [6.07, 6.45) is 0.717. The van der Waals surface area contributed by atoms with Gasteiger partial charge in [0.05, 0.1) is 0 Å². The molecule has 2 atom stereocenters. The zero-order chi connectivity index (χ0) is 20.5. The van der Waals surface area contributed by atoms with Crippen molar-refractivity contribution in [2.24, 2.45) is 5.92 Å². The van der Waals surface area contributed by atoms with E-state index in [0.717, 1.165) is 16.5 Å². The molecule has 2 amide bonds. The molecule has 0 radical (unpaired) electrons. The number of halogens is 1. The molecule has 2 N–H and O–H groups in total. The maximum absolute atomic E-state index is 12.7. The van der Waals surface area contributed by atoms with Crippen LogP contribution in [0.4, 0.5) is 0 Å². The van der Waals surface area contributed by atoms with E-state index >= 15 is 0 Å². The van der Waals surface area contributed by atoms with E-state index in [0.29, 0.717) is 5.75 Å². The van der Waals surface area contributed by atoms with Crippen molar-refractivity contribution in [3.8, 4) is 5.75 Å². The molecule has 0 heterocycles. The molecular weight excluding hydrogens is 420 g/mol. The molecule has 0 saturated heterocycles. The third-order valence-electron chi connectivity index (χ3n) is 4.22. The van der Waals surface area contributed by atoms with Crippen molar-refractivity contribution in [2.45, 2.75) is 39.3 Å². The average Bonchev–Trinajstić information content (AvgIpc) is 2.66. The Bertz CT molecular complexity index is 763. The highest BCUT2D eigenvalue weighted by Crippen LogP contribution is 2.12. The number of ether oxygens (including phenoxy) is 1. The summed E-state index contributed by atoms with van der Waals surface area (Å²) in [5.41, 5.74) is 1.14. The Morgan fingerprint density at radius 3 is 2.21 bits per heavy atom. The van der Waals surface area contributed by atoms with Gasteiger partial charge in [0.15, 0.2) is 6.61 Å². The van der Waals surface area contributed by atoms with Crippen molar-refractivity contribution in [1.29, 1.82) is 0 Å². The van der Waals surface area contributed by atoms with Crippen molar-refractivity contribution in [3.05, 3.63) is 64.6 Å². The average molecular weight is 447 g/mol. The van der Waals surface area contributed by atoms with Crippen LogP contribution in [0.5, 0.6) is 5.75 Å². The fourth-order valence-corrected chi connectivity index (χ4v) is 3.04. The van der Waals surface area contributed by atoms with E-state index in [1.54, 1.807) is 12.1 Å². The van der Waals surface area contributed by atoms with E-state index in [-0.39, 0.29) is 30.4 Å². The first-order valence-electron chi connectivity index (χ1n) is 9.37. The zero-order valence-electron chi connectivity index (χ0n) is 16.4. The number of hydrogen-bond donors (Lipinski definition) is 2. The number of carbonyl (C=O) groups is 2. The fourth-order valence-electron chi connectivity index (χ4n) is 2.77. The fraction of sp³-hybridized carbons (Fsp3) is 0.364. The normalized spacial score (nSPS) is 12.9. The number of carbonyl (C=O) groups excluding carboxylic acids is 2. The predicted octanol–water partition coefficient (Wildman–Crippen LogP) is 3.72. The van der Waals surface area contributed by atoms with Gasteiger partial charge in [0.1, 0.15) is 11.8 Å². The molecular formula is C22H27BrN2O3. The molecule has 0 aliphatic carbocycles. The molecule has 5 nitrogen and oxygen atoms in total. The van der Waals surface area contributed by atoms with Crippen molar-refractivity contribution in [3.63, 3.8) is 0 Å². The first-order valence-corrected chi connectivity index (χ1v) is 10.2. The predicted molar refractivity (Wildman–Crippen MR) is 114 cm³/mol. The standard InChI is InChI=1S/C22H27BrN2O3/c1-15(2)21(25-20(26)14-28-19-7-5-4-6-8-19)22(27)24-16(3)13-17-9-11-18(23)12-10-17/h4-12,15-16,21H,13-14H2,1-3H3,(H,24,27)(H,25,26). The van der Waals surface area contributed by atoms with E-state index in [1.807, 2.05) is 63.2 Å². The minimum absolute atomic E-state index is 0.0412. The van der Waals surface area contributed by atoms with Gasteiger partial charge in [-0.2, -0.15) is 0 Å². The molecule has 0 bridgehead atoms. The molecule has 0 fully saturated rings. The van der Waals surface area contributed by atoms with E-state index in [2.05, 4.69) is 26.6 Å². The van der Waals surface area contributed by atoms with Crippen LogP contribution in [0.2, 0.25) is 0 Å². The summed E-state index contributed by atoms with van der Waals surface area (Å²) in [4.78, 5) is 24.9. The molecule has 0 saturated carbocycles. The van der Waals surface area contributed by atoms with Crippen LogP contribution in [0.1, 0.15) is 26.3 Å². The van der Waals surface area contributed by atoms with E-state index < -0.39 is 6.04 Å². The number of nitrogens with one attached hydrogen (secondary N) is 2. The number of rotatable bonds is 9. The summed E-state index contributed by atoms with van der Waals surface area (Å²) in [5.74, 6) is 0.0674. The van der Waals surface area contributed by atoms with Crippen LogP contribution in [0.25, 0.3) is 0 Å². The highest BCUT2D eigenvalue weighted by atomic mass is 79.9. The zero-order valence-corrected chi connectivity index (χ0v) is 18.0. The third kappa shape index (κ3) is 7.35. The molecule has 2 aromatic carbocycles. The van der Waals surface area contributed by atoms with Crippen molar-refractivity contribution in [2.75, 3.05) is 6.61 Å². The number of hydrogen-bond acceptors (Lipinski definition) is 3. The second-order valence-electron chi connectivity index (χ2n) is 7.13. The van der Waals surface area contributed by atoms with Crippen LogP contribution >= 0.6 is 15.9 Å². The molecule has 0 aliphatic rings. The number of para-hydroxylation sites is 1. The maximum Gasteiger partial charge on any atom is 0.258 e. The molecule has 2 rings (SSSR count).